The molecule has 1 aromatic rings. The molecule has 0 aromatic heterocycles. The average molecular weight is 192 g/mol. The lowest BCUT2D eigenvalue weighted by atomic mass is 9.61. The van der Waals surface area contributed by atoms with E-state index in [1.54, 1.807) is 0 Å². The van der Waals surface area contributed by atoms with Crippen LogP contribution in [0.25, 0.3) is 0 Å². The van der Waals surface area contributed by atoms with E-state index in [1.165, 1.54) is 5.56 Å². The number of aryl methyl sites for hydroxylation is 1. The van der Waals surface area contributed by atoms with Gasteiger partial charge in [0.1, 0.15) is 0 Å². The molecule has 2 nitrogen and oxygen atoms in total. The van der Waals surface area contributed by atoms with Gasteiger partial charge in [-0.25, -0.2) is 0 Å². The molecule has 0 unspecified atom stereocenters. The Kier molecular flexibility index (Phi) is 4.17. The number of hydrogen-bond donors (Lipinski definition) is 2. The lowest BCUT2D eigenvalue weighted by Crippen LogP contribution is -2.29. The van der Waals surface area contributed by atoms with Crippen molar-refractivity contribution >= 4 is 12.4 Å². The zero-order valence-corrected chi connectivity index (χ0v) is 8.83. The number of rotatable bonds is 1. The highest BCUT2D eigenvalue weighted by Gasteiger charge is 2.26. The minimum Gasteiger partial charge on any atom is -0.446 e. The third kappa shape index (κ3) is 1.99. The maximum atomic E-state index is 9.58. The second-order valence-corrected chi connectivity index (χ2v) is 3.20. The van der Waals surface area contributed by atoms with Crippen molar-refractivity contribution in [3.8, 4) is 0 Å². The normalized spacial score (nSPS) is 13.3. The Balaban J connectivity index is 0.000000461. The molecule has 1 aliphatic rings. The van der Waals surface area contributed by atoms with Crippen LogP contribution in [0.2, 0.25) is 6.32 Å². The molecule has 0 spiro atoms. The van der Waals surface area contributed by atoms with Crippen LogP contribution in [-0.4, -0.2) is 17.0 Å². The number of aliphatic hydroxyl groups excluding tert-OH is 1. The number of aliphatic hydroxyl groups is 1. The summed E-state index contributed by atoms with van der Waals surface area (Å²) in [4.78, 5) is 0. The van der Waals surface area contributed by atoms with E-state index in [-0.39, 0.29) is 13.5 Å². The van der Waals surface area contributed by atoms with Crippen LogP contribution in [0, 0.1) is 0 Å². The van der Waals surface area contributed by atoms with Gasteiger partial charge in [0.2, 0.25) is 0 Å². The fourth-order valence-electron chi connectivity index (χ4n) is 1.89. The third-order valence-electron chi connectivity index (χ3n) is 2.48. The first-order valence-corrected chi connectivity index (χ1v) is 5.22. The van der Waals surface area contributed by atoms with Crippen LogP contribution >= 0.6 is 0 Å². The van der Waals surface area contributed by atoms with Crippen molar-refractivity contribution in [2.45, 2.75) is 33.2 Å². The number of hydrogen-bond acceptors (Lipinski definition) is 2. The Morgan fingerprint density at radius 3 is 2.71 bits per heavy atom. The van der Waals surface area contributed by atoms with Gasteiger partial charge in [0.15, 0.2) is 0 Å². The molecule has 3 heteroatoms. The van der Waals surface area contributed by atoms with Gasteiger partial charge in [0.25, 0.3) is 0 Å². The molecule has 2 N–H and O–H groups in total. The van der Waals surface area contributed by atoms with Crippen molar-refractivity contribution in [1.82, 2.24) is 0 Å². The highest BCUT2D eigenvalue weighted by molar-refractivity contribution is 6.68. The second kappa shape index (κ2) is 5.18. The van der Waals surface area contributed by atoms with E-state index in [0.29, 0.717) is 0 Å². The fourth-order valence-corrected chi connectivity index (χ4v) is 1.89. The van der Waals surface area contributed by atoms with Gasteiger partial charge in [-0.2, -0.15) is 0 Å². The molecule has 1 aliphatic heterocycles. The molecular formula is C11H17BO2. The quantitative estimate of drug-likeness (QED) is 0.650. The van der Waals surface area contributed by atoms with Gasteiger partial charge in [-0.05, 0) is 23.8 Å². The minimum atomic E-state index is -0.358. The zero-order chi connectivity index (χ0) is 10.6. The molecular weight excluding hydrogens is 175 g/mol. The predicted molar refractivity (Wildman–Crippen MR) is 59.8 cm³/mol. The van der Waals surface area contributed by atoms with Crippen LogP contribution in [0.5, 0.6) is 0 Å². The molecule has 2 rings (SSSR count). The van der Waals surface area contributed by atoms with Crippen molar-refractivity contribution in [2.24, 2.45) is 0 Å². The van der Waals surface area contributed by atoms with E-state index in [4.69, 9.17) is 5.11 Å². The summed E-state index contributed by atoms with van der Waals surface area (Å²) in [5.74, 6) is 0. The Morgan fingerprint density at radius 1 is 1.36 bits per heavy atom. The van der Waals surface area contributed by atoms with Crippen molar-refractivity contribution < 1.29 is 10.1 Å². The van der Waals surface area contributed by atoms with E-state index >= 15 is 0 Å². The lowest BCUT2D eigenvalue weighted by Gasteiger charge is -2.06. The topological polar surface area (TPSA) is 40.5 Å². The highest BCUT2D eigenvalue weighted by Crippen LogP contribution is 2.15. The largest absolute Gasteiger partial charge is 0.446 e. The Labute approximate surface area is 85.7 Å². The van der Waals surface area contributed by atoms with Crippen LogP contribution in [0.15, 0.2) is 18.2 Å². The molecule has 14 heavy (non-hydrogen) atoms. The molecule has 0 fully saturated rings. The molecule has 1 heterocycles. The summed E-state index contributed by atoms with van der Waals surface area (Å²) in [6, 6.07) is 5.82. The molecule has 0 atom stereocenters. The van der Waals surface area contributed by atoms with Gasteiger partial charge in [0, 0.05) is 0 Å². The third-order valence-corrected chi connectivity index (χ3v) is 2.48. The van der Waals surface area contributed by atoms with Gasteiger partial charge < -0.3 is 10.1 Å². The first kappa shape index (κ1) is 11.3. The van der Waals surface area contributed by atoms with Gasteiger partial charge in [-0.15, -0.1) is 0 Å². The first-order chi connectivity index (χ1) is 6.83. The number of benzene rings is 1. The highest BCUT2D eigenvalue weighted by atomic mass is 16.3. The Bertz CT molecular complexity index is 299. The van der Waals surface area contributed by atoms with Crippen LogP contribution in [0.3, 0.4) is 0 Å². The molecule has 76 valence electrons. The van der Waals surface area contributed by atoms with Gasteiger partial charge in [0.05, 0.1) is 6.61 Å². The summed E-state index contributed by atoms with van der Waals surface area (Å²) >= 11 is 0. The minimum absolute atomic E-state index is 0.0280. The summed E-state index contributed by atoms with van der Waals surface area (Å²) in [5.41, 5.74) is 3.02. The van der Waals surface area contributed by atoms with E-state index in [2.05, 4.69) is 0 Å². The van der Waals surface area contributed by atoms with Crippen molar-refractivity contribution in [2.75, 3.05) is 0 Å². The van der Waals surface area contributed by atoms with Crippen LogP contribution < -0.4 is 5.46 Å². The maximum absolute atomic E-state index is 9.58. The van der Waals surface area contributed by atoms with Crippen LogP contribution in [0.1, 0.15) is 25.0 Å². The summed E-state index contributed by atoms with van der Waals surface area (Å²) in [6.45, 7) is 3.67. The lowest BCUT2D eigenvalue weighted by molar-refractivity contribution is 0.282. The fraction of sp³-hybridized carbons (Fsp3) is 0.455. The molecule has 0 bridgehead atoms. The maximum Gasteiger partial charge on any atom is 0.324 e. The van der Waals surface area contributed by atoms with Gasteiger partial charge in [-0.1, -0.05) is 37.6 Å². The molecule has 0 saturated heterocycles. The summed E-state index contributed by atoms with van der Waals surface area (Å²) in [5, 5.41) is 18.6. The van der Waals surface area contributed by atoms with Crippen LogP contribution in [0.4, 0.5) is 0 Å². The smallest absolute Gasteiger partial charge is 0.324 e. The molecule has 0 saturated carbocycles. The predicted octanol–water partition coefficient (Wildman–Crippen LogP) is 0.952. The number of fused-ring (bicyclic) bond motifs is 1. The molecule has 0 amide bonds. The van der Waals surface area contributed by atoms with Crippen molar-refractivity contribution in [3.05, 3.63) is 29.3 Å². The van der Waals surface area contributed by atoms with Gasteiger partial charge >= 0.3 is 6.92 Å². The zero-order valence-electron chi connectivity index (χ0n) is 8.83. The standard InChI is InChI=1S/C9H11BO2.C2H6/c11-6-8-3-1-2-7-4-5-10(12)9(7)8;1-2/h1-3,11-12H,4-6H2;1-2H3. The van der Waals surface area contributed by atoms with E-state index in [9.17, 15) is 5.02 Å². The van der Waals surface area contributed by atoms with Gasteiger partial charge in [-0.3, -0.25) is 0 Å². The summed E-state index contributed by atoms with van der Waals surface area (Å²) in [6.07, 6.45) is 1.73. The molecule has 0 aliphatic carbocycles. The van der Waals surface area contributed by atoms with E-state index in [1.807, 2.05) is 32.0 Å². The van der Waals surface area contributed by atoms with Crippen molar-refractivity contribution in [1.29, 1.82) is 0 Å². The SMILES string of the molecule is CC.OCc1cccc2c1B(O)CC2. The second-order valence-electron chi connectivity index (χ2n) is 3.20. The average Bonchev–Trinajstić information content (AvgIpc) is 2.64. The Morgan fingerprint density at radius 2 is 2.07 bits per heavy atom. The molecule has 1 aromatic carbocycles. The van der Waals surface area contributed by atoms with E-state index < -0.39 is 0 Å². The van der Waals surface area contributed by atoms with Crippen molar-refractivity contribution in [3.63, 3.8) is 0 Å². The summed E-state index contributed by atoms with van der Waals surface area (Å²) in [7, 11) is 0. The summed E-state index contributed by atoms with van der Waals surface area (Å²) < 4.78 is 0. The monoisotopic (exact) mass is 192 g/mol. The van der Waals surface area contributed by atoms with Crippen LogP contribution in [-0.2, 0) is 13.0 Å². The first-order valence-electron chi connectivity index (χ1n) is 5.22. The molecule has 0 radical (unpaired) electrons. The van der Waals surface area contributed by atoms with E-state index in [0.717, 1.165) is 23.8 Å². The Hall–Kier alpha value is -0.795.